The van der Waals surface area contributed by atoms with Crippen LogP contribution in [-0.2, 0) is 6.42 Å². The highest BCUT2D eigenvalue weighted by molar-refractivity contribution is 6.30. The van der Waals surface area contributed by atoms with E-state index < -0.39 is 5.82 Å². The summed E-state index contributed by atoms with van der Waals surface area (Å²) in [6.07, 6.45) is 0.668. The van der Waals surface area contributed by atoms with Gasteiger partial charge >= 0.3 is 0 Å². The van der Waals surface area contributed by atoms with E-state index in [1.54, 1.807) is 6.07 Å². The van der Waals surface area contributed by atoms with Crippen LogP contribution >= 0.6 is 11.6 Å². The Morgan fingerprint density at radius 1 is 1.40 bits per heavy atom. The number of carbonyl (C=O) groups excluding carboxylic acids is 1. The molecule has 3 N–H and O–H groups in total. The number of nitrogens with one attached hydrogen (secondary N) is 1. The number of nitrogen functional groups attached to an aromatic ring is 1. The maximum absolute atomic E-state index is 13.3. The molecule has 0 saturated heterocycles. The van der Waals surface area contributed by atoms with E-state index >= 15 is 0 Å². The fourth-order valence-electron chi connectivity index (χ4n) is 1.70. The van der Waals surface area contributed by atoms with Crippen molar-refractivity contribution in [3.8, 4) is 0 Å². The lowest BCUT2D eigenvalue weighted by atomic mass is 10.1. The summed E-state index contributed by atoms with van der Waals surface area (Å²) in [5.74, 6) is -0.694. The third-order valence-electron chi connectivity index (χ3n) is 2.70. The van der Waals surface area contributed by atoms with E-state index in [0.29, 0.717) is 17.7 Å². The number of nitrogens with zero attached hydrogens (tertiary/aromatic N) is 1. The van der Waals surface area contributed by atoms with Gasteiger partial charge in [0.05, 0.1) is 5.02 Å². The second-order valence-electron chi connectivity index (χ2n) is 4.21. The average Bonchev–Trinajstić information content (AvgIpc) is 2.42. The molecule has 1 aromatic heterocycles. The first-order chi connectivity index (χ1) is 9.49. The van der Waals surface area contributed by atoms with Crippen molar-refractivity contribution in [3.63, 3.8) is 0 Å². The zero-order chi connectivity index (χ0) is 14.7. The van der Waals surface area contributed by atoms with E-state index in [1.165, 1.54) is 18.2 Å². The van der Waals surface area contributed by atoms with Crippen LogP contribution in [0.2, 0.25) is 5.02 Å². The summed E-state index contributed by atoms with van der Waals surface area (Å²) < 4.78 is 13.3. The molecule has 2 aromatic rings. The lowest BCUT2D eigenvalue weighted by molar-refractivity contribution is 0.102. The maximum Gasteiger partial charge on any atom is 0.255 e. The highest BCUT2D eigenvalue weighted by Gasteiger charge is 2.10. The van der Waals surface area contributed by atoms with Crippen LogP contribution in [0, 0.1) is 5.82 Å². The van der Waals surface area contributed by atoms with Crippen LogP contribution < -0.4 is 11.1 Å². The second-order valence-corrected chi connectivity index (χ2v) is 4.62. The normalized spacial score (nSPS) is 10.3. The van der Waals surface area contributed by atoms with Crippen LogP contribution in [0.25, 0.3) is 0 Å². The summed E-state index contributed by atoms with van der Waals surface area (Å²) in [4.78, 5) is 16.2. The SMILES string of the molecule is CCc1cc(C(=O)Nc2ccc(Cl)c(F)c2)cc(N)n1. The Balaban J connectivity index is 2.23. The largest absolute Gasteiger partial charge is 0.384 e. The van der Waals surface area contributed by atoms with Crippen molar-refractivity contribution in [2.45, 2.75) is 13.3 Å². The number of pyridine rings is 1. The van der Waals surface area contributed by atoms with Crippen LogP contribution in [0.5, 0.6) is 0 Å². The number of nitrogens with two attached hydrogens (primary N) is 1. The number of amides is 1. The molecule has 1 heterocycles. The van der Waals surface area contributed by atoms with Crippen molar-refractivity contribution in [1.82, 2.24) is 4.98 Å². The molecule has 4 nitrogen and oxygen atoms in total. The van der Waals surface area contributed by atoms with Gasteiger partial charge in [0, 0.05) is 16.9 Å². The summed E-state index contributed by atoms with van der Waals surface area (Å²) >= 11 is 5.58. The molecule has 0 aliphatic rings. The minimum atomic E-state index is -0.590. The predicted octanol–water partition coefficient (Wildman–Crippen LogP) is 3.27. The Labute approximate surface area is 120 Å². The van der Waals surface area contributed by atoms with E-state index in [9.17, 15) is 9.18 Å². The Morgan fingerprint density at radius 3 is 2.80 bits per heavy atom. The number of carbonyl (C=O) groups is 1. The van der Waals surface area contributed by atoms with Crippen molar-refractivity contribution < 1.29 is 9.18 Å². The summed E-state index contributed by atoms with van der Waals surface area (Å²) in [6.45, 7) is 1.91. The molecule has 0 saturated carbocycles. The van der Waals surface area contributed by atoms with Gasteiger partial charge in [-0.05, 0) is 36.8 Å². The first kappa shape index (κ1) is 14.3. The molecule has 1 aromatic carbocycles. The van der Waals surface area contributed by atoms with Crippen molar-refractivity contribution >= 4 is 29.0 Å². The number of hydrogen-bond acceptors (Lipinski definition) is 3. The number of halogens is 2. The van der Waals surface area contributed by atoms with Crippen LogP contribution in [0.1, 0.15) is 23.0 Å². The Morgan fingerprint density at radius 2 is 2.15 bits per heavy atom. The molecular formula is C14H13ClFN3O. The Bertz CT molecular complexity index is 661. The van der Waals surface area contributed by atoms with Gasteiger partial charge in [0.25, 0.3) is 5.91 Å². The van der Waals surface area contributed by atoms with Gasteiger partial charge in [-0.1, -0.05) is 18.5 Å². The van der Waals surface area contributed by atoms with E-state index in [4.69, 9.17) is 17.3 Å². The maximum atomic E-state index is 13.3. The topological polar surface area (TPSA) is 68.0 Å². The number of benzene rings is 1. The molecule has 0 fully saturated rings. The predicted molar refractivity (Wildman–Crippen MR) is 77.4 cm³/mol. The summed E-state index contributed by atoms with van der Waals surface area (Å²) in [5.41, 5.74) is 7.07. The summed E-state index contributed by atoms with van der Waals surface area (Å²) in [6, 6.07) is 7.18. The molecule has 0 aliphatic heterocycles. The molecule has 0 atom stereocenters. The molecule has 0 spiro atoms. The molecule has 0 radical (unpaired) electrons. The van der Waals surface area contributed by atoms with Gasteiger partial charge < -0.3 is 11.1 Å². The van der Waals surface area contributed by atoms with Crippen LogP contribution in [0.3, 0.4) is 0 Å². The van der Waals surface area contributed by atoms with E-state index in [-0.39, 0.29) is 16.7 Å². The molecule has 20 heavy (non-hydrogen) atoms. The molecule has 0 aliphatic carbocycles. The quantitative estimate of drug-likeness (QED) is 0.912. The molecular weight excluding hydrogens is 281 g/mol. The highest BCUT2D eigenvalue weighted by Crippen LogP contribution is 2.19. The van der Waals surface area contributed by atoms with Crippen LogP contribution in [0.4, 0.5) is 15.9 Å². The molecule has 0 bridgehead atoms. The smallest absolute Gasteiger partial charge is 0.255 e. The summed E-state index contributed by atoms with van der Waals surface area (Å²) in [7, 11) is 0. The molecule has 0 unspecified atom stereocenters. The fourth-order valence-corrected chi connectivity index (χ4v) is 1.82. The van der Waals surface area contributed by atoms with E-state index in [2.05, 4.69) is 10.3 Å². The van der Waals surface area contributed by atoms with Gasteiger partial charge in [0.2, 0.25) is 0 Å². The minimum absolute atomic E-state index is 0.00410. The molecule has 104 valence electrons. The van der Waals surface area contributed by atoms with Gasteiger partial charge in [-0.3, -0.25) is 4.79 Å². The van der Waals surface area contributed by atoms with Gasteiger partial charge in [-0.2, -0.15) is 0 Å². The standard InChI is InChI=1S/C14H13ClFN3O/c1-2-9-5-8(6-13(17)18-9)14(20)19-10-3-4-11(15)12(16)7-10/h3-7H,2H2,1H3,(H2,17,18)(H,19,20). The van der Waals surface area contributed by atoms with Crippen molar-refractivity contribution in [2.75, 3.05) is 11.1 Å². The number of rotatable bonds is 3. The fraction of sp³-hybridized carbons (Fsp3) is 0.143. The first-order valence-electron chi connectivity index (χ1n) is 6.02. The van der Waals surface area contributed by atoms with Gasteiger partial charge in [0.15, 0.2) is 0 Å². The lowest BCUT2D eigenvalue weighted by Gasteiger charge is -2.08. The van der Waals surface area contributed by atoms with E-state index in [0.717, 1.165) is 11.8 Å². The monoisotopic (exact) mass is 293 g/mol. The number of hydrogen-bond donors (Lipinski definition) is 2. The van der Waals surface area contributed by atoms with Crippen molar-refractivity contribution in [1.29, 1.82) is 0 Å². The lowest BCUT2D eigenvalue weighted by Crippen LogP contribution is -2.13. The van der Waals surface area contributed by atoms with Crippen molar-refractivity contribution in [2.24, 2.45) is 0 Å². The zero-order valence-electron chi connectivity index (χ0n) is 10.8. The third kappa shape index (κ3) is 3.24. The number of aryl methyl sites for hydroxylation is 1. The Kier molecular flexibility index (Phi) is 4.20. The number of anilines is 2. The van der Waals surface area contributed by atoms with Crippen LogP contribution in [0.15, 0.2) is 30.3 Å². The third-order valence-corrected chi connectivity index (χ3v) is 3.01. The second kappa shape index (κ2) is 5.88. The Hall–Kier alpha value is -2.14. The van der Waals surface area contributed by atoms with Gasteiger partial charge in [-0.25, -0.2) is 9.37 Å². The minimum Gasteiger partial charge on any atom is -0.384 e. The van der Waals surface area contributed by atoms with Gasteiger partial charge in [0.1, 0.15) is 11.6 Å². The highest BCUT2D eigenvalue weighted by atomic mass is 35.5. The van der Waals surface area contributed by atoms with Crippen LogP contribution in [-0.4, -0.2) is 10.9 Å². The summed E-state index contributed by atoms with van der Waals surface area (Å²) in [5, 5.41) is 2.59. The number of aromatic nitrogens is 1. The molecule has 1 amide bonds. The van der Waals surface area contributed by atoms with Crippen molar-refractivity contribution in [3.05, 3.63) is 52.4 Å². The molecule has 6 heteroatoms. The average molecular weight is 294 g/mol. The van der Waals surface area contributed by atoms with Gasteiger partial charge in [-0.15, -0.1) is 0 Å². The first-order valence-corrected chi connectivity index (χ1v) is 6.40. The molecule has 2 rings (SSSR count). The zero-order valence-corrected chi connectivity index (χ0v) is 11.5. The van der Waals surface area contributed by atoms with E-state index in [1.807, 2.05) is 6.92 Å².